The van der Waals surface area contributed by atoms with Gasteiger partial charge in [0, 0.05) is 25.0 Å². The number of hydrogen-bond acceptors (Lipinski definition) is 5. The summed E-state index contributed by atoms with van der Waals surface area (Å²) >= 11 is 5.91. The van der Waals surface area contributed by atoms with Gasteiger partial charge in [0.25, 0.3) is 0 Å². The van der Waals surface area contributed by atoms with Gasteiger partial charge < -0.3 is 9.47 Å². The zero-order valence-electron chi connectivity index (χ0n) is 11.7. The monoisotopic (exact) mass is 304 g/mol. The minimum Gasteiger partial charge on any atom is -0.355 e. The van der Waals surface area contributed by atoms with E-state index in [2.05, 4.69) is 29.6 Å². The van der Waals surface area contributed by atoms with Crippen LogP contribution in [0.3, 0.4) is 0 Å². The van der Waals surface area contributed by atoms with Gasteiger partial charge in [0.1, 0.15) is 23.1 Å². The first-order valence-corrected chi connectivity index (χ1v) is 7.81. The molecule has 21 heavy (non-hydrogen) atoms. The van der Waals surface area contributed by atoms with Crippen molar-refractivity contribution in [1.82, 2.24) is 24.7 Å². The van der Waals surface area contributed by atoms with Crippen LogP contribution in [-0.4, -0.2) is 37.8 Å². The molecule has 0 atom stereocenters. The molecule has 4 rings (SSSR count). The van der Waals surface area contributed by atoms with E-state index >= 15 is 0 Å². The van der Waals surface area contributed by atoms with Gasteiger partial charge in [-0.1, -0.05) is 11.6 Å². The van der Waals surface area contributed by atoms with Crippen LogP contribution in [0.1, 0.15) is 43.5 Å². The minimum absolute atomic E-state index is 0.447. The summed E-state index contributed by atoms with van der Waals surface area (Å²) in [6, 6.07) is 0.645. The highest BCUT2D eigenvalue weighted by molar-refractivity contribution is 6.29. The van der Waals surface area contributed by atoms with E-state index < -0.39 is 0 Å². The number of halogens is 1. The predicted octanol–water partition coefficient (Wildman–Crippen LogP) is 2.44. The molecule has 3 heterocycles. The molecular formula is C14H17ClN6. The molecule has 2 aromatic heterocycles. The highest BCUT2D eigenvalue weighted by Crippen LogP contribution is 2.38. The molecule has 0 amide bonds. The van der Waals surface area contributed by atoms with Crippen LogP contribution in [0, 0.1) is 0 Å². The molecule has 2 fully saturated rings. The van der Waals surface area contributed by atoms with Gasteiger partial charge in [-0.15, -0.1) is 10.2 Å². The Bertz CT molecular complexity index is 630. The lowest BCUT2D eigenvalue weighted by molar-refractivity contribution is 0.463. The highest BCUT2D eigenvalue weighted by Gasteiger charge is 2.31. The Balaban J connectivity index is 1.45. The first-order valence-electron chi connectivity index (χ1n) is 7.43. The first kappa shape index (κ1) is 13.0. The fourth-order valence-corrected chi connectivity index (χ4v) is 3.17. The van der Waals surface area contributed by atoms with Gasteiger partial charge in [0.15, 0.2) is 0 Å². The number of aromatic nitrogens is 5. The van der Waals surface area contributed by atoms with Crippen LogP contribution in [0.4, 0.5) is 5.82 Å². The normalized spacial score (nSPS) is 20.0. The fraction of sp³-hybridized carbons (Fsp3) is 0.571. The van der Waals surface area contributed by atoms with Crippen LogP contribution in [0.5, 0.6) is 0 Å². The second-order valence-electron chi connectivity index (χ2n) is 5.79. The van der Waals surface area contributed by atoms with Crippen molar-refractivity contribution in [2.75, 3.05) is 18.0 Å². The lowest BCUT2D eigenvalue weighted by Crippen LogP contribution is -2.34. The van der Waals surface area contributed by atoms with Crippen molar-refractivity contribution in [3.8, 4) is 0 Å². The van der Waals surface area contributed by atoms with Crippen LogP contribution in [-0.2, 0) is 0 Å². The molecule has 0 N–H and O–H groups in total. The third kappa shape index (κ3) is 2.60. The summed E-state index contributed by atoms with van der Waals surface area (Å²) in [5.74, 6) is 2.52. The zero-order valence-corrected chi connectivity index (χ0v) is 12.4. The fourth-order valence-electron chi connectivity index (χ4n) is 3.03. The quantitative estimate of drug-likeness (QED) is 0.871. The highest BCUT2D eigenvalue weighted by atomic mass is 35.5. The van der Waals surface area contributed by atoms with Crippen LogP contribution in [0.25, 0.3) is 0 Å². The summed E-state index contributed by atoms with van der Waals surface area (Å²) in [6.45, 7) is 1.91. The Morgan fingerprint density at radius 3 is 2.62 bits per heavy atom. The second-order valence-corrected chi connectivity index (χ2v) is 6.18. The van der Waals surface area contributed by atoms with Gasteiger partial charge >= 0.3 is 0 Å². The first-order chi connectivity index (χ1) is 10.3. The molecule has 0 spiro atoms. The Labute approximate surface area is 128 Å². The number of rotatable bonds is 3. The van der Waals surface area contributed by atoms with Crippen LogP contribution < -0.4 is 4.90 Å². The van der Waals surface area contributed by atoms with Gasteiger partial charge in [0.2, 0.25) is 0 Å². The lowest BCUT2D eigenvalue weighted by atomic mass is 9.96. The zero-order chi connectivity index (χ0) is 14.2. The number of hydrogen-bond donors (Lipinski definition) is 0. The Kier molecular flexibility index (Phi) is 3.25. The van der Waals surface area contributed by atoms with Gasteiger partial charge in [-0.3, -0.25) is 4.98 Å². The molecule has 0 unspecified atom stereocenters. The van der Waals surface area contributed by atoms with E-state index in [-0.39, 0.29) is 0 Å². The molecule has 7 heteroatoms. The van der Waals surface area contributed by atoms with E-state index in [0.717, 1.165) is 37.6 Å². The van der Waals surface area contributed by atoms with E-state index in [1.165, 1.54) is 12.8 Å². The third-order valence-corrected chi connectivity index (χ3v) is 4.50. The molecule has 0 radical (unpaired) electrons. The molecule has 2 aromatic rings. The van der Waals surface area contributed by atoms with Crippen LogP contribution >= 0.6 is 11.6 Å². The Hall–Kier alpha value is -1.69. The second kappa shape index (κ2) is 5.26. The van der Waals surface area contributed by atoms with E-state index in [1.54, 1.807) is 12.4 Å². The summed E-state index contributed by atoms with van der Waals surface area (Å²) < 4.78 is 2.28. The smallest absolute Gasteiger partial charge is 0.149 e. The Morgan fingerprint density at radius 1 is 1.10 bits per heavy atom. The summed E-state index contributed by atoms with van der Waals surface area (Å²) in [5, 5.41) is 8.91. The summed E-state index contributed by atoms with van der Waals surface area (Å²) in [4.78, 5) is 10.7. The molecule has 0 aromatic carbocycles. The molecular weight excluding hydrogens is 288 g/mol. The van der Waals surface area contributed by atoms with E-state index in [4.69, 9.17) is 11.6 Å². The van der Waals surface area contributed by atoms with Crippen LogP contribution in [0.15, 0.2) is 18.7 Å². The van der Waals surface area contributed by atoms with Crippen LogP contribution in [0.2, 0.25) is 5.15 Å². The van der Waals surface area contributed by atoms with Crippen molar-refractivity contribution in [1.29, 1.82) is 0 Å². The maximum Gasteiger partial charge on any atom is 0.149 e. The largest absolute Gasteiger partial charge is 0.355 e. The van der Waals surface area contributed by atoms with Gasteiger partial charge in [-0.25, -0.2) is 4.98 Å². The molecule has 2 aliphatic rings. The third-order valence-electron chi connectivity index (χ3n) is 4.32. The summed E-state index contributed by atoms with van der Waals surface area (Å²) in [5.41, 5.74) is 0. The standard InChI is InChI=1S/C14H17ClN6/c15-12-7-16-8-13(18-12)20-5-3-10(4-6-20)14-19-17-9-21(14)11-1-2-11/h7-11H,1-6H2. The van der Waals surface area contributed by atoms with Crippen molar-refractivity contribution in [2.24, 2.45) is 0 Å². The minimum atomic E-state index is 0.447. The lowest BCUT2D eigenvalue weighted by Gasteiger charge is -2.32. The van der Waals surface area contributed by atoms with E-state index in [1.807, 2.05) is 6.33 Å². The van der Waals surface area contributed by atoms with E-state index in [9.17, 15) is 0 Å². The molecule has 1 saturated heterocycles. The predicted molar refractivity (Wildman–Crippen MR) is 79.5 cm³/mol. The topological polar surface area (TPSA) is 59.7 Å². The number of piperidine rings is 1. The van der Waals surface area contributed by atoms with Gasteiger partial charge in [-0.2, -0.15) is 0 Å². The van der Waals surface area contributed by atoms with Crippen molar-refractivity contribution in [3.63, 3.8) is 0 Å². The molecule has 0 bridgehead atoms. The maximum atomic E-state index is 5.91. The van der Waals surface area contributed by atoms with Crippen molar-refractivity contribution < 1.29 is 0 Å². The summed E-state index contributed by atoms with van der Waals surface area (Å²) in [6.07, 6.45) is 9.90. The molecule has 1 aliphatic heterocycles. The van der Waals surface area contributed by atoms with E-state index in [0.29, 0.717) is 17.1 Å². The molecule has 110 valence electrons. The van der Waals surface area contributed by atoms with Crippen molar-refractivity contribution >= 4 is 17.4 Å². The van der Waals surface area contributed by atoms with Crippen molar-refractivity contribution in [3.05, 3.63) is 29.7 Å². The molecule has 6 nitrogen and oxygen atoms in total. The average Bonchev–Trinajstić information content (AvgIpc) is 3.25. The Morgan fingerprint density at radius 2 is 1.90 bits per heavy atom. The summed E-state index contributed by atoms with van der Waals surface area (Å²) in [7, 11) is 0. The number of nitrogens with zero attached hydrogens (tertiary/aromatic N) is 6. The number of anilines is 1. The molecule has 1 aliphatic carbocycles. The SMILES string of the molecule is Clc1cncc(N2CCC(c3nncn3C3CC3)CC2)n1. The maximum absolute atomic E-state index is 5.91. The molecule has 1 saturated carbocycles. The van der Waals surface area contributed by atoms with Crippen molar-refractivity contribution in [2.45, 2.75) is 37.6 Å². The average molecular weight is 305 g/mol. The van der Waals surface area contributed by atoms with Gasteiger partial charge in [0.05, 0.1) is 12.4 Å². The van der Waals surface area contributed by atoms with Gasteiger partial charge in [-0.05, 0) is 25.7 Å².